The minimum absolute atomic E-state index is 0. The molecule has 0 unspecified atom stereocenters. The second-order valence-corrected chi connectivity index (χ2v) is 13.3. The third-order valence-electron chi connectivity index (χ3n) is 9.39. The number of aromatic nitrogens is 4. The van der Waals surface area contributed by atoms with E-state index in [-0.39, 0.29) is 24.0 Å². The van der Waals surface area contributed by atoms with Gasteiger partial charge in [0.1, 0.15) is 22.8 Å². The number of oxazole rings is 1. The van der Waals surface area contributed by atoms with E-state index in [1.807, 2.05) is 48.5 Å². The lowest BCUT2D eigenvalue weighted by Crippen LogP contribution is -3.00. The topological polar surface area (TPSA) is 63.4 Å². The Morgan fingerprint density at radius 2 is 1.62 bits per heavy atom. The van der Waals surface area contributed by atoms with Gasteiger partial charge in [0.25, 0.3) is 11.0 Å². The van der Waals surface area contributed by atoms with Crippen molar-refractivity contribution in [2.75, 3.05) is 23.4 Å². The van der Waals surface area contributed by atoms with Crippen LogP contribution in [0.25, 0.3) is 55.6 Å². The predicted octanol–water partition coefficient (Wildman–Crippen LogP) is 6.98. The minimum atomic E-state index is 0. The van der Waals surface area contributed by atoms with Gasteiger partial charge in [-0.05, 0) is 80.6 Å². The van der Waals surface area contributed by atoms with Crippen LogP contribution in [0.5, 0.6) is 10.9 Å². The first-order chi connectivity index (χ1) is 25.1. The quantitative estimate of drug-likeness (QED) is 0.122. The van der Waals surface area contributed by atoms with Gasteiger partial charge in [0.05, 0.1) is 28.1 Å². The Hall–Kier alpha value is -5.46. The third-order valence-corrected chi connectivity index (χ3v) is 10.3. The number of fused-ring (bicyclic) bond motifs is 4. The number of aryl methyl sites for hydroxylation is 1. The van der Waals surface area contributed by atoms with E-state index >= 15 is 0 Å². The molecular weight excluding hydrogens is 779 g/mol. The second kappa shape index (κ2) is 13.9. The molecule has 52 heavy (non-hydrogen) atoms. The Morgan fingerprint density at radius 1 is 0.827 bits per heavy atom. The zero-order chi connectivity index (χ0) is 34.5. The highest BCUT2D eigenvalue weighted by atomic mass is 127. The normalized spacial score (nSPS) is 13.6. The molecule has 8 nitrogen and oxygen atoms in total. The van der Waals surface area contributed by atoms with Crippen LogP contribution in [0.4, 0.5) is 11.4 Å². The summed E-state index contributed by atoms with van der Waals surface area (Å²) in [5, 5.41) is 0.641. The van der Waals surface area contributed by atoms with Crippen molar-refractivity contribution < 1.29 is 37.7 Å². The van der Waals surface area contributed by atoms with Gasteiger partial charge >= 0.3 is 0 Å². The first-order valence-corrected chi connectivity index (χ1v) is 18.0. The lowest BCUT2D eigenvalue weighted by Gasteiger charge is -2.20. The van der Waals surface area contributed by atoms with Gasteiger partial charge in [0.2, 0.25) is 5.89 Å². The zero-order valence-electron chi connectivity index (χ0n) is 28.9. The minimum Gasteiger partial charge on any atom is -1.00 e. The Morgan fingerprint density at radius 3 is 2.40 bits per heavy atom. The number of rotatable bonds is 8. The van der Waals surface area contributed by atoms with Crippen LogP contribution in [0.15, 0.2) is 138 Å². The lowest BCUT2D eigenvalue weighted by atomic mass is 10.2. The molecule has 8 aromatic rings. The van der Waals surface area contributed by atoms with Crippen LogP contribution in [0.3, 0.4) is 0 Å². The molecule has 9 rings (SSSR count). The highest BCUT2D eigenvalue weighted by Crippen LogP contribution is 2.44. The number of halogens is 1. The number of imidazole rings is 1. The van der Waals surface area contributed by atoms with Crippen molar-refractivity contribution in [2.45, 2.75) is 20.4 Å². The van der Waals surface area contributed by atoms with E-state index in [1.54, 1.807) is 11.3 Å². The van der Waals surface area contributed by atoms with Crippen molar-refractivity contribution in [1.82, 2.24) is 14.5 Å². The maximum atomic E-state index is 6.25. The number of ether oxygens (including phenoxy) is 1. The average Bonchev–Trinajstić information content (AvgIpc) is 3.92. The van der Waals surface area contributed by atoms with E-state index in [2.05, 4.69) is 130 Å². The highest BCUT2D eigenvalue weighted by Gasteiger charge is 2.29. The van der Waals surface area contributed by atoms with Crippen molar-refractivity contribution in [3.63, 3.8) is 0 Å². The summed E-state index contributed by atoms with van der Waals surface area (Å²) < 4.78 is 18.2. The maximum Gasteiger partial charge on any atom is 0.287 e. The molecule has 4 heterocycles. The summed E-state index contributed by atoms with van der Waals surface area (Å²) in [6, 6.07) is 39.2. The average molecular weight is 815 g/mol. The van der Waals surface area contributed by atoms with E-state index in [9.17, 15) is 0 Å². The largest absolute Gasteiger partial charge is 1.00 e. The van der Waals surface area contributed by atoms with Gasteiger partial charge in [-0.25, -0.2) is 14.5 Å². The van der Waals surface area contributed by atoms with Gasteiger partial charge in [-0.2, -0.15) is 4.57 Å². The van der Waals surface area contributed by atoms with Crippen LogP contribution in [-0.4, -0.2) is 28.1 Å². The third kappa shape index (κ3) is 5.81. The van der Waals surface area contributed by atoms with Crippen molar-refractivity contribution in [1.29, 1.82) is 0 Å². The van der Waals surface area contributed by atoms with Gasteiger partial charge in [-0.3, -0.25) is 0 Å². The standard InChI is InChI=1S/C42H35N6O2S.HI/c1-4-46-33-25-23-30(49-42-44-32-17-10-12-19-38(32)51-42)27-35(33)45(3)39(46)20-13-21-40-47(5-2)36-26-28(41-43-31-16-9-11-18-37(31)50-41)22-24-34(36)48(40)29-14-7-6-8-15-29;/h6-27H,4-5H2,1-3H3;1H/q+1;/p-1. The number of benzene rings is 5. The van der Waals surface area contributed by atoms with Gasteiger partial charge in [0, 0.05) is 37.4 Å². The van der Waals surface area contributed by atoms with Crippen LogP contribution in [0.1, 0.15) is 19.7 Å². The molecule has 0 N–H and O–H groups in total. The number of nitrogens with zero attached hydrogens (tertiary/aromatic N) is 6. The molecular formula is C42H35IN6O2S. The number of anilines is 2. The van der Waals surface area contributed by atoms with Crippen LogP contribution >= 0.6 is 11.3 Å². The van der Waals surface area contributed by atoms with E-state index in [0.29, 0.717) is 11.1 Å². The summed E-state index contributed by atoms with van der Waals surface area (Å²) in [5.41, 5.74) is 9.07. The summed E-state index contributed by atoms with van der Waals surface area (Å²) >= 11 is 1.56. The van der Waals surface area contributed by atoms with Crippen LogP contribution in [-0.2, 0) is 6.54 Å². The smallest absolute Gasteiger partial charge is 0.287 e. The van der Waals surface area contributed by atoms with E-state index < -0.39 is 0 Å². The number of hydrogen-bond donors (Lipinski definition) is 0. The maximum absolute atomic E-state index is 6.25. The van der Waals surface area contributed by atoms with Gasteiger partial charge in [0.15, 0.2) is 16.6 Å². The molecule has 0 atom stereocenters. The van der Waals surface area contributed by atoms with Crippen LogP contribution in [0, 0.1) is 0 Å². The van der Waals surface area contributed by atoms with E-state index in [4.69, 9.17) is 14.1 Å². The fraction of sp³-hybridized carbons (Fsp3) is 0.119. The number of allylic oxidation sites excluding steroid dienone is 2. The molecule has 0 aliphatic carbocycles. The summed E-state index contributed by atoms with van der Waals surface area (Å²) in [6.07, 6.45) is 6.55. The Labute approximate surface area is 322 Å². The van der Waals surface area contributed by atoms with Crippen molar-refractivity contribution in [3.8, 4) is 28.1 Å². The first kappa shape index (κ1) is 33.7. The highest BCUT2D eigenvalue weighted by molar-refractivity contribution is 7.20. The fourth-order valence-corrected chi connectivity index (χ4v) is 7.85. The number of thiazole rings is 1. The van der Waals surface area contributed by atoms with Crippen molar-refractivity contribution in [2.24, 2.45) is 0 Å². The second-order valence-electron chi connectivity index (χ2n) is 12.4. The molecule has 0 saturated carbocycles. The molecule has 3 aromatic heterocycles. The molecule has 258 valence electrons. The van der Waals surface area contributed by atoms with Crippen LogP contribution < -0.4 is 43.1 Å². The van der Waals surface area contributed by atoms with Crippen LogP contribution in [0.2, 0.25) is 0 Å². The summed E-state index contributed by atoms with van der Waals surface area (Å²) in [5.74, 6) is 3.54. The Bertz CT molecular complexity index is 2570. The van der Waals surface area contributed by atoms with Gasteiger partial charge < -0.3 is 42.9 Å². The molecule has 0 saturated heterocycles. The molecule has 0 amide bonds. The van der Waals surface area contributed by atoms with Crippen molar-refractivity contribution in [3.05, 3.63) is 139 Å². The van der Waals surface area contributed by atoms with Crippen molar-refractivity contribution >= 4 is 61.1 Å². The Kier molecular flexibility index (Phi) is 9.02. The van der Waals surface area contributed by atoms with E-state index in [1.165, 1.54) is 0 Å². The molecule has 0 radical (unpaired) electrons. The summed E-state index contributed by atoms with van der Waals surface area (Å²) in [7, 11) is 2.11. The van der Waals surface area contributed by atoms with E-state index in [0.717, 1.165) is 85.5 Å². The zero-order valence-corrected chi connectivity index (χ0v) is 31.9. The summed E-state index contributed by atoms with van der Waals surface area (Å²) in [4.78, 5) is 14.0. The number of para-hydroxylation sites is 4. The Balaban J connectivity index is 0.00000387. The molecule has 10 heteroatoms. The summed E-state index contributed by atoms with van der Waals surface area (Å²) in [6.45, 7) is 5.98. The van der Waals surface area contributed by atoms with Gasteiger partial charge in [-0.15, -0.1) is 0 Å². The molecule has 1 aliphatic rings. The number of hydrogen-bond acceptors (Lipinski definition) is 7. The monoisotopic (exact) mass is 814 g/mol. The molecule has 0 bridgehead atoms. The lowest BCUT2D eigenvalue weighted by molar-refractivity contribution is -0.670. The molecule has 0 fully saturated rings. The SMILES string of the molecule is CCN1/C(=C\C=C\c2n(-c3ccccc3)c3ccc(-c4nc5ccccc5o4)cc3[n+]2CC)N(C)c2cc(Oc3nc4ccccc4s3)ccc21.[I-]. The predicted molar refractivity (Wildman–Crippen MR) is 207 cm³/mol. The fourth-order valence-electron chi connectivity index (χ4n) is 7.01. The van der Waals surface area contributed by atoms with Gasteiger partial charge in [-0.1, -0.05) is 59.9 Å². The molecule has 5 aromatic carbocycles. The molecule has 1 aliphatic heterocycles. The first-order valence-electron chi connectivity index (χ1n) is 17.2. The molecule has 0 spiro atoms.